The van der Waals surface area contributed by atoms with E-state index >= 15 is 0 Å². The average Bonchev–Trinajstić information content (AvgIpc) is 2.81. The molecule has 0 aromatic heterocycles. The number of nitrogens with zero attached hydrogens (tertiary/aromatic N) is 3. The van der Waals surface area contributed by atoms with Gasteiger partial charge in [0.1, 0.15) is 6.54 Å². The molecule has 3 amide bonds. The van der Waals surface area contributed by atoms with Crippen molar-refractivity contribution in [3.8, 4) is 0 Å². The molecule has 170 valence electrons. The third kappa shape index (κ3) is 5.52. The first-order valence-electron chi connectivity index (χ1n) is 11.5. The summed E-state index contributed by atoms with van der Waals surface area (Å²) in [6.07, 6.45) is 2.53. The molecule has 2 saturated heterocycles. The van der Waals surface area contributed by atoms with Crippen LogP contribution in [0.15, 0.2) is 48.5 Å². The van der Waals surface area contributed by atoms with E-state index in [1.807, 2.05) is 24.3 Å². The number of likely N-dealkylation sites (N-methyl/N-ethyl adjacent to an activating group) is 1. The molecule has 2 aliphatic heterocycles. The molecule has 7 nitrogen and oxygen atoms in total. The Kier molecular flexibility index (Phi) is 6.83. The molecular formula is C25H33N5O2. The third-order valence-electron chi connectivity index (χ3n) is 6.45. The molecule has 0 saturated carbocycles. The zero-order valence-electron chi connectivity index (χ0n) is 19.0. The third-order valence-corrected chi connectivity index (χ3v) is 6.45. The molecule has 0 unspecified atom stereocenters. The summed E-state index contributed by atoms with van der Waals surface area (Å²) in [5.41, 5.74) is 4.36. The van der Waals surface area contributed by atoms with Gasteiger partial charge in [0, 0.05) is 56.8 Å². The van der Waals surface area contributed by atoms with E-state index in [0.717, 1.165) is 35.9 Å². The van der Waals surface area contributed by atoms with Gasteiger partial charge in [0.25, 0.3) is 0 Å². The molecule has 0 spiro atoms. The van der Waals surface area contributed by atoms with Crippen LogP contribution in [0.2, 0.25) is 0 Å². The number of amides is 3. The van der Waals surface area contributed by atoms with E-state index in [9.17, 15) is 9.59 Å². The van der Waals surface area contributed by atoms with Crippen LogP contribution >= 0.6 is 0 Å². The second-order valence-electron chi connectivity index (χ2n) is 8.93. The van der Waals surface area contributed by atoms with Crippen LogP contribution in [0.3, 0.4) is 0 Å². The maximum atomic E-state index is 12.3. The molecule has 0 bridgehead atoms. The van der Waals surface area contributed by atoms with E-state index in [1.54, 1.807) is 16.8 Å². The summed E-state index contributed by atoms with van der Waals surface area (Å²) < 4.78 is 0. The highest BCUT2D eigenvalue weighted by Gasteiger charge is 2.24. The van der Waals surface area contributed by atoms with Crippen molar-refractivity contribution in [2.24, 2.45) is 5.92 Å². The molecule has 2 aromatic carbocycles. The molecule has 2 fully saturated rings. The van der Waals surface area contributed by atoms with Crippen molar-refractivity contribution in [3.05, 3.63) is 54.1 Å². The van der Waals surface area contributed by atoms with Gasteiger partial charge < -0.3 is 25.3 Å². The van der Waals surface area contributed by atoms with Crippen LogP contribution in [0.25, 0.3) is 0 Å². The predicted molar refractivity (Wildman–Crippen MR) is 128 cm³/mol. The van der Waals surface area contributed by atoms with Gasteiger partial charge in [-0.1, -0.05) is 19.1 Å². The zero-order chi connectivity index (χ0) is 22.5. The van der Waals surface area contributed by atoms with E-state index in [2.05, 4.69) is 46.7 Å². The second kappa shape index (κ2) is 9.94. The number of carbonyl (C=O) groups is 2. The minimum Gasteiger partial charge on any atom is -0.372 e. The highest BCUT2D eigenvalue weighted by Crippen LogP contribution is 2.25. The normalized spacial score (nSPS) is 17.4. The number of benzene rings is 2. The van der Waals surface area contributed by atoms with E-state index in [4.69, 9.17) is 0 Å². The molecule has 2 heterocycles. The molecule has 32 heavy (non-hydrogen) atoms. The Hall–Kier alpha value is -3.22. The number of piperazine rings is 1. The van der Waals surface area contributed by atoms with Gasteiger partial charge >= 0.3 is 6.03 Å². The molecule has 2 aliphatic rings. The van der Waals surface area contributed by atoms with Crippen LogP contribution in [0, 0.1) is 5.92 Å². The fourth-order valence-electron chi connectivity index (χ4n) is 4.12. The lowest BCUT2D eigenvalue weighted by atomic mass is 9.99. The molecule has 0 atom stereocenters. The smallest absolute Gasteiger partial charge is 0.318 e. The van der Waals surface area contributed by atoms with Crippen LogP contribution in [-0.4, -0.2) is 61.5 Å². The monoisotopic (exact) mass is 435 g/mol. The largest absolute Gasteiger partial charge is 0.372 e. The van der Waals surface area contributed by atoms with Gasteiger partial charge in [-0.3, -0.25) is 4.79 Å². The number of carbonyl (C=O) groups excluding carboxylic acids is 2. The Morgan fingerprint density at radius 3 is 2.19 bits per heavy atom. The summed E-state index contributed by atoms with van der Waals surface area (Å²) in [6, 6.07) is 16.5. The Bertz CT molecular complexity index is 920. The van der Waals surface area contributed by atoms with Crippen LogP contribution < -0.4 is 15.5 Å². The first kappa shape index (κ1) is 22.0. The van der Waals surface area contributed by atoms with Gasteiger partial charge in [0.05, 0.1) is 0 Å². The van der Waals surface area contributed by atoms with Gasteiger partial charge in [0.15, 0.2) is 0 Å². The summed E-state index contributed by atoms with van der Waals surface area (Å²) in [7, 11) is 1.76. The molecule has 0 radical (unpaired) electrons. The first-order chi connectivity index (χ1) is 15.5. The standard InChI is InChI=1S/C25H33N5O2/c1-19-11-13-29(14-12-19)23-9-7-22(8-10-23)27-21-5-3-20(4-6-21)17-26-25(32)30-16-15-28(2)24(31)18-30/h3-10,19,27H,11-18H2,1-2H3,(H,26,32). The predicted octanol–water partition coefficient (Wildman–Crippen LogP) is 3.65. The molecule has 4 rings (SSSR count). The van der Waals surface area contributed by atoms with Crippen molar-refractivity contribution in [3.63, 3.8) is 0 Å². The Labute approximate surface area is 190 Å². The number of rotatable bonds is 5. The number of hydrogen-bond acceptors (Lipinski definition) is 4. The van der Waals surface area contributed by atoms with Gasteiger partial charge in [0.2, 0.25) is 5.91 Å². The summed E-state index contributed by atoms with van der Waals surface area (Å²) in [5.74, 6) is 0.805. The highest BCUT2D eigenvalue weighted by molar-refractivity contribution is 5.85. The SMILES string of the molecule is CC1CCN(c2ccc(Nc3ccc(CNC(=O)N4CCN(C)C(=O)C4)cc3)cc2)CC1. The second-order valence-corrected chi connectivity index (χ2v) is 8.93. The fourth-order valence-corrected chi connectivity index (χ4v) is 4.12. The Morgan fingerprint density at radius 2 is 1.56 bits per heavy atom. The minimum absolute atomic E-state index is 0.0274. The van der Waals surface area contributed by atoms with E-state index < -0.39 is 0 Å². The maximum Gasteiger partial charge on any atom is 0.318 e. The van der Waals surface area contributed by atoms with Crippen molar-refractivity contribution in [2.45, 2.75) is 26.3 Å². The summed E-state index contributed by atoms with van der Waals surface area (Å²) in [5, 5.41) is 6.34. The molecule has 2 aromatic rings. The lowest BCUT2D eigenvalue weighted by molar-refractivity contribution is -0.133. The quantitative estimate of drug-likeness (QED) is 0.752. The van der Waals surface area contributed by atoms with Crippen LogP contribution in [-0.2, 0) is 11.3 Å². The average molecular weight is 436 g/mol. The lowest BCUT2D eigenvalue weighted by Crippen LogP contribution is -2.53. The zero-order valence-corrected chi connectivity index (χ0v) is 19.0. The number of nitrogens with one attached hydrogen (secondary N) is 2. The highest BCUT2D eigenvalue weighted by atomic mass is 16.2. The van der Waals surface area contributed by atoms with Crippen molar-refractivity contribution >= 4 is 29.0 Å². The number of hydrogen-bond donors (Lipinski definition) is 2. The van der Waals surface area contributed by atoms with Crippen LogP contribution in [0.1, 0.15) is 25.3 Å². The number of piperidine rings is 1. The molecule has 0 aliphatic carbocycles. The van der Waals surface area contributed by atoms with Gasteiger partial charge in [-0.2, -0.15) is 0 Å². The molecular weight excluding hydrogens is 402 g/mol. The van der Waals surface area contributed by atoms with Crippen LogP contribution in [0.5, 0.6) is 0 Å². The summed E-state index contributed by atoms with van der Waals surface area (Å²) in [6.45, 7) is 6.31. The summed E-state index contributed by atoms with van der Waals surface area (Å²) in [4.78, 5) is 29.8. The van der Waals surface area contributed by atoms with Gasteiger partial charge in [-0.15, -0.1) is 0 Å². The van der Waals surface area contributed by atoms with E-state index in [-0.39, 0.29) is 18.5 Å². The number of urea groups is 1. The Morgan fingerprint density at radius 1 is 0.938 bits per heavy atom. The number of anilines is 3. The minimum atomic E-state index is -0.197. The van der Waals surface area contributed by atoms with Crippen LogP contribution in [0.4, 0.5) is 21.9 Å². The van der Waals surface area contributed by atoms with Gasteiger partial charge in [-0.05, 0) is 60.7 Å². The Balaban J connectivity index is 1.25. The molecule has 7 heteroatoms. The van der Waals surface area contributed by atoms with Gasteiger partial charge in [-0.25, -0.2) is 4.79 Å². The topological polar surface area (TPSA) is 67.9 Å². The first-order valence-corrected chi connectivity index (χ1v) is 11.5. The van der Waals surface area contributed by atoms with E-state index in [0.29, 0.717) is 19.6 Å². The van der Waals surface area contributed by atoms with E-state index in [1.165, 1.54) is 18.5 Å². The fraction of sp³-hybridized carbons (Fsp3) is 0.440. The van der Waals surface area contributed by atoms with Crippen molar-refractivity contribution in [2.75, 3.05) is 50.0 Å². The van der Waals surface area contributed by atoms with Crippen molar-refractivity contribution in [1.82, 2.24) is 15.1 Å². The maximum absolute atomic E-state index is 12.3. The molecule has 2 N–H and O–H groups in total. The lowest BCUT2D eigenvalue weighted by Gasteiger charge is -2.32. The van der Waals surface area contributed by atoms with Crippen molar-refractivity contribution in [1.29, 1.82) is 0 Å². The summed E-state index contributed by atoms with van der Waals surface area (Å²) >= 11 is 0. The van der Waals surface area contributed by atoms with Crippen molar-refractivity contribution < 1.29 is 9.59 Å².